The Labute approximate surface area is 169 Å². The number of carbonyl (C=O) groups is 1. The number of carbonyl (C=O) groups excluding carboxylic acids is 1. The molecule has 1 saturated heterocycles. The molecule has 0 radical (unpaired) electrons. The van der Waals surface area contributed by atoms with Crippen molar-refractivity contribution in [3.8, 4) is 5.75 Å². The van der Waals surface area contributed by atoms with Crippen LogP contribution in [-0.4, -0.2) is 54.3 Å². The van der Waals surface area contributed by atoms with Gasteiger partial charge in [-0.2, -0.15) is 0 Å². The topological polar surface area (TPSA) is 71.7 Å². The molecule has 1 fully saturated rings. The summed E-state index contributed by atoms with van der Waals surface area (Å²) in [7, 11) is 1.66. The lowest BCUT2D eigenvalue weighted by Crippen LogP contribution is -2.48. The van der Waals surface area contributed by atoms with Crippen molar-refractivity contribution in [1.29, 1.82) is 0 Å². The van der Waals surface area contributed by atoms with Gasteiger partial charge in [-0.05, 0) is 36.2 Å². The predicted molar refractivity (Wildman–Crippen MR) is 109 cm³/mol. The minimum absolute atomic E-state index is 0.0750. The molecule has 0 N–H and O–H groups in total. The van der Waals surface area contributed by atoms with E-state index in [4.69, 9.17) is 9.15 Å². The van der Waals surface area contributed by atoms with Gasteiger partial charge in [0.1, 0.15) is 5.75 Å². The number of nitrogens with zero attached hydrogens (tertiary/aromatic N) is 4. The highest BCUT2D eigenvalue weighted by Gasteiger charge is 2.26. The Morgan fingerprint density at radius 3 is 2.38 bits per heavy atom. The number of aromatic nitrogens is 2. The molecule has 2 heterocycles. The van der Waals surface area contributed by atoms with Gasteiger partial charge in [0.25, 0.3) is 0 Å². The zero-order valence-corrected chi connectivity index (χ0v) is 16.5. The second-order valence-corrected chi connectivity index (χ2v) is 6.96. The maximum absolute atomic E-state index is 12.7. The lowest BCUT2D eigenvalue weighted by atomic mass is 10.1. The minimum Gasteiger partial charge on any atom is -0.497 e. The monoisotopic (exact) mass is 392 g/mol. The predicted octanol–water partition coefficient (Wildman–Crippen LogP) is 2.83. The van der Waals surface area contributed by atoms with E-state index in [1.54, 1.807) is 12.0 Å². The van der Waals surface area contributed by atoms with E-state index in [9.17, 15) is 4.79 Å². The molecule has 0 aliphatic carbocycles. The van der Waals surface area contributed by atoms with Crippen LogP contribution in [0.1, 0.15) is 22.1 Å². The fraction of sp³-hybridized carbons (Fsp3) is 0.318. The molecule has 1 amide bonds. The highest BCUT2D eigenvalue weighted by atomic mass is 16.5. The van der Waals surface area contributed by atoms with Crippen LogP contribution in [0, 0.1) is 0 Å². The second-order valence-electron chi connectivity index (χ2n) is 6.96. The molecule has 0 atom stereocenters. The van der Waals surface area contributed by atoms with E-state index in [-0.39, 0.29) is 11.8 Å². The third kappa shape index (κ3) is 4.56. The van der Waals surface area contributed by atoms with Crippen molar-refractivity contribution in [1.82, 2.24) is 15.1 Å². The molecule has 7 heteroatoms. The van der Waals surface area contributed by atoms with Gasteiger partial charge in [0.2, 0.25) is 5.89 Å². The molecule has 3 aromatic rings. The highest BCUT2D eigenvalue weighted by Crippen LogP contribution is 2.21. The van der Waals surface area contributed by atoms with Crippen LogP contribution >= 0.6 is 0 Å². The molecule has 29 heavy (non-hydrogen) atoms. The number of methoxy groups -OCH3 is 1. The van der Waals surface area contributed by atoms with E-state index in [1.807, 2.05) is 42.5 Å². The van der Waals surface area contributed by atoms with E-state index >= 15 is 0 Å². The van der Waals surface area contributed by atoms with Gasteiger partial charge in [0.15, 0.2) is 0 Å². The maximum Gasteiger partial charge on any atom is 0.311 e. The first-order chi connectivity index (χ1) is 14.2. The summed E-state index contributed by atoms with van der Waals surface area (Å²) >= 11 is 0. The third-order valence-electron chi connectivity index (χ3n) is 5.12. The van der Waals surface area contributed by atoms with Gasteiger partial charge < -0.3 is 19.0 Å². The number of ether oxygens (including phenoxy) is 1. The van der Waals surface area contributed by atoms with Crippen molar-refractivity contribution in [3.63, 3.8) is 0 Å². The largest absolute Gasteiger partial charge is 0.497 e. The van der Waals surface area contributed by atoms with E-state index in [0.717, 1.165) is 30.9 Å². The first-order valence-corrected chi connectivity index (χ1v) is 9.77. The normalized spacial score (nSPS) is 14.1. The average molecular weight is 392 g/mol. The van der Waals surface area contributed by atoms with E-state index in [2.05, 4.69) is 27.2 Å². The molecule has 1 aliphatic heterocycles. The molecular weight excluding hydrogens is 368 g/mol. The zero-order chi connectivity index (χ0) is 20.1. The molecular formula is C22H24N4O3. The first kappa shape index (κ1) is 19.0. The number of amides is 1. The van der Waals surface area contributed by atoms with Crippen molar-refractivity contribution in [2.45, 2.75) is 12.8 Å². The second kappa shape index (κ2) is 8.77. The van der Waals surface area contributed by atoms with Crippen molar-refractivity contribution < 1.29 is 13.9 Å². The Bertz CT molecular complexity index is 932. The molecule has 0 unspecified atom stereocenters. The molecule has 1 aliphatic rings. The van der Waals surface area contributed by atoms with Gasteiger partial charge in [0, 0.05) is 38.3 Å². The highest BCUT2D eigenvalue weighted by molar-refractivity contribution is 5.89. The van der Waals surface area contributed by atoms with Crippen LogP contribution in [0.5, 0.6) is 5.75 Å². The summed E-state index contributed by atoms with van der Waals surface area (Å²) in [6.07, 6.45) is 1.42. The minimum atomic E-state index is -0.196. The van der Waals surface area contributed by atoms with Crippen LogP contribution in [0.2, 0.25) is 0 Å². The Morgan fingerprint density at radius 2 is 1.69 bits per heavy atom. The van der Waals surface area contributed by atoms with Gasteiger partial charge in [-0.1, -0.05) is 30.3 Å². The molecule has 0 spiro atoms. The summed E-state index contributed by atoms with van der Waals surface area (Å²) < 4.78 is 10.8. The van der Waals surface area contributed by atoms with Crippen LogP contribution in [0.3, 0.4) is 0 Å². The van der Waals surface area contributed by atoms with E-state index in [1.165, 1.54) is 5.56 Å². The number of anilines is 1. The quantitative estimate of drug-likeness (QED) is 0.642. The van der Waals surface area contributed by atoms with Crippen molar-refractivity contribution in [2.75, 3.05) is 38.2 Å². The molecule has 2 aromatic carbocycles. The van der Waals surface area contributed by atoms with Gasteiger partial charge in [0.05, 0.1) is 7.11 Å². The van der Waals surface area contributed by atoms with E-state index < -0.39 is 0 Å². The number of hydrogen-bond acceptors (Lipinski definition) is 6. The van der Waals surface area contributed by atoms with Crippen LogP contribution in [0.25, 0.3) is 0 Å². The fourth-order valence-electron chi connectivity index (χ4n) is 3.43. The number of rotatable bonds is 6. The SMILES string of the molecule is COc1ccc(N2CCN(C(=O)c3nnc(CCc4ccccc4)o3)CC2)cc1. The number of benzene rings is 2. The van der Waals surface area contributed by atoms with Crippen molar-refractivity contribution in [3.05, 3.63) is 71.9 Å². The lowest BCUT2D eigenvalue weighted by molar-refractivity contribution is 0.0704. The van der Waals surface area contributed by atoms with Gasteiger partial charge in [-0.25, -0.2) is 0 Å². The first-order valence-electron chi connectivity index (χ1n) is 9.77. The lowest BCUT2D eigenvalue weighted by Gasteiger charge is -2.35. The van der Waals surface area contributed by atoms with Crippen LogP contribution < -0.4 is 9.64 Å². The summed E-state index contributed by atoms with van der Waals surface area (Å²) in [5.74, 6) is 1.21. The molecule has 1 aromatic heterocycles. The Hall–Kier alpha value is -3.35. The molecule has 0 saturated carbocycles. The smallest absolute Gasteiger partial charge is 0.311 e. The van der Waals surface area contributed by atoms with Crippen LogP contribution in [0.4, 0.5) is 5.69 Å². The van der Waals surface area contributed by atoms with Gasteiger partial charge >= 0.3 is 11.8 Å². The Balaban J connectivity index is 1.30. The number of aryl methyl sites for hydroxylation is 2. The summed E-state index contributed by atoms with van der Waals surface area (Å²) in [6.45, 7) is 2.75. The van der Waals surface area contributed by atoms with Gasteiger partial charge in [-0.3, -0.25) is 4.79 Å². The Kier molecular flexibility index (Phi) is 5.74. The standard InChI is InChI=1S/C22H24N4O3/c1-28-19-10-8-18(9-11-19)25-13-15-26(16-14-25)22(27)21-24-23-20(29-21)12-7-17-5-3-2-4-6-17/h2-6,8-11H,7,12-16H2,1H3. The summed E-state index contributed by atoms with van der Waals surface area (Å²) in [5.41, 5.74) is 2.33. The summed E-state index contributed by atoms with van der Waals surface area (Å²) in [6, 6.07) is 18.1. The molecule has 0 bridgehead atoms. The summed E-state index contributed by atoms with van der Waals surface area (Å²) in [4.78, 5) is 16.7. The third-order valence-corrected chi connectivity index (χ3v) is 5.12. The fourth-order valence-corrected chi connectivity index (χ4v) is 3.43. The summed E-state index contributed by atoms with van der Waals surface area (Å²) in [5, 5.41) is 8.00. The van der Waals surface area contributed by atoms with E-state index in [0.29, 0.717) is 25.4 Å². The number of hydrogen-bond donors (Lipinski definition) is 0. The molecule has 4 rings (SSSR count). The van der Waals surface area contributed by atoms with Crippen LogP contribution in [-0.2, 0) is 12.8 Å². The molecule has 7 nitrogen and oxygen atoms in total. The average Bonchev–Trinajstić information content (AvgIpc) is 3.27. The van der Waals surface area contributed by atoms with Crippen LogP contribution in [0.15, 0.2) is 59.0 Å². The zero-order valence-electron chi connectivity index (χ0n) is 16.5. The molecule has 150 valence electrons. The number of piperazine rings is 1. The van der Waals surface area contributed by atoms with Gasteiger partial charge in [-0.15, -0.1) is 10.2 Å². The van der Waals surface area contributed by atoms with Crippen molar-refractivity contribution in [2.24, 2.45) is 0 Å². The Morgan fingerprint density at radius 1 is 0.966 bits per heavy atom. The maximum atomic E-state index is 12.7. The van der Waals surface area contributed by atoms with Crippen molar-refractivity contribution >= 4 is 11.6 Å².